The number of aryl methyl sites for hydroxylation is 2. The van der Waals surface area contributed by atoms with Crippen LogP contribution in [0.1, 0.15) is 21.6 Å². The minimum atomic E-state index is -2.98. The summed E-state index contributed by atoms with van der Waals surface area (Å²) < 4.78 is 29.6. The number of carbonyl (C=O) groups is 1. The highest BCUT2D eigenvalue weighted by molar-refractivity contribution is 6.04. The van der Waals surface area contributed by atoms with Crippen LogP contribution in [0, 0.1) is 13.8 Å². The summed E-state index contributed by atoms with van der Waals surface area (Å²) in [6, 6.07) is 14.0. The fourth-order valence-electron chi connectivity index (χ4n) is 2.43. The molecule has 0 saturated heterocycles. The molecule has 0 saturated carbocycles. The van der Waals surface area contributed by atoms with Crippen molar-refractivity contribution in [2.75, 3.05) is 5.32 Å². The van der Waals surface area contributed by atoms with Crippen LogP contribution in [0.2, 0.25) is 0 Å². The minimum absolute atomic E-state index is 0.0911. The molecule has 0 radical (unpaired) electrons. The molecule has 1 aromatic heterocycles. The van der Waals surface area contributed by atoms with Crippen LogP contribution < -0.4 is 10.1 Å². The van der Waals surface area contributed by atoms with Crippen LogP contribution in [0.5, 0.6) is 5.75 Å². The Morgan fingerprint density at radius 1 is 1.08 bits per heavy atom. The first-order valence-electron chi connectivity index (χ1n) is 7.91. The van der Waals surface area contributed by atoms with Gasteiger partial charge in [-0.15, -0.1) is 0 Å². The summed E-state index contributed by atoms with van der Waals surface area (Å²) in [6.45, 7) is 0.744. The summed E-state index contributed by atoms with van der Waals surface area (Å²) in [5.41, 5.74) is 3.71. The Hall–Kier alpha value is -3.22. The molecule has 3 aromatic rings. The van der Waals surface area contributed by atoms with Crippen LogP contribution in [0.4, 0.5) is 14.5 Å². The van der Waals surface area contributed by atoms with Crippen LogP contribution in [0.25, 0.3) is 11.3 Å². The van der Waals surface area contributed by atoms with Gasteiger partial charge in [0.2, 0.25) is 0 Å². The smallest absolute Gasteiger partial charge is 0.387 e. The number of ether oxygens (including phenoxy) is 1. The van der Waals surface area contributed by atoms with Crippen molar-refractivity contribution in [3.8, 4) is 17.0 Å². The molecule has 3 rings (SSSR count). The number of alkyl halides is 2. The van der Waals surface area contributed by atoms with Crippen LogP contribution in [0.3, 0.4) is 0 Å². The Kier molecular flexibility index (Phi) is 4.97. The minimum Gasteiger partial charge on any atom is -0.433 e. The highest BCUT2D eigenvalue weighted by Gasteiger charge is 2.15. The molecule has 2 aromatic carbocycles. The standard InChI is InChI=1S/C19H17F2N3O2/c1-11-3-6-13(7-4-11)15-10-16(24-23-15)18(25)22-14-8-5-12(2)9-17(14)26-19(20)21/h3-10,19H,1-2H3,(H,22,25)(H,23,24). The van der Waals surface area contributed by atoms with Gasteiger partial charge < -0.3 is 10.1 Å². The normalized spacial score (nSPS) is 10.8. The third-order valence-corrected chi connectivity index (χ3v) is 3.77. The fraction of sp³-hybridized carbons (Fsp3) is 0.158. The van der Waals surface area contributed by atoms with Gasteiger partial charge in [0.25, 0.3) is 5.91 Å². The second kappa shape index (κ2) is 7.35. The van der Waals surface area contributed by atoms with Gasteiger partial charge in [-0.1, -0.05) is 35.9 Å². The van der Waals surface area contributed by atoms with E-state index in [2.05, 4.69) is 20.3 Å². The number of H-pyrrole nitrogens is 1. The second-order valence-corrected chi connectivity index (χ2v) is 5.87. The van der Waals surface area contributed by atoms with Crippen LogP contribution in [-0.2, 0) is 0 Å². The summed E-state index contributed by atoms with van der Waals surface area (Å²) in [5, 5.41) is 9.35. The van der Waals surface area contributed by atoms with Gasteiger partial charge in [0.1, 0.15) is 11.4 Å². The molecule has 0 bridgehead atoms. The van der Waals surface area contributed by atoms with Gasteiger partial charge in [-0.2, -0.15) is 13.9 Å². The lowest BCUT2D eigenvalue weighted by Crippen LogP contribution is -2.14. The molecular formula is C19H17F2N3O2. The van der Waals surface area contributed by atoms with Gasteiger partial charge in [-0.05, 0) is 37.6 Å². The van der Waals surface area contributed by atoms with E-state index in [-0.39, 0.29) is 17.1 Å². The number of carbonyl (C=O) groups excluding carboxylic acids is 1. The number of anilines is 1. The predicted molar refractivity (Wildman–Crippen MR) is 94.5 cm³/mol. The number of rotatable bonds is 5. The molecule has 5 nitrogen and oxygen atoms in total. The molecule has 1 heterocycles. The zero-order valence-electron chi connectivity index (χ0n) is 14.2. The molecule has 26 heavy (non-hydrogen) atoms. The molecule has 0 unspecified atom stereocenters. The average molecular weight is 357 g/mol. The maximum Gasteiger partial charge on any atom is 0.387 e. The van der Waals surface area contributed by atoms with E-state index in [0.29, 0.717) is 5.69 Å². The first-order chi connectivity index (χ1) is 12.4. The van der Waals surface area contributed by atoms with E-state index in [0.717, 1.165) is 16.7 Å². The van der Waals surface area contributed by atoms with Crippen molar-refractivity contribution in [2.24, 2.45) is 0 Å². The molecule has 0 aliphatic heterocycles. The van der Waals surface area contributed by atoms with E-state index in [4.69, 9.17) is 0 Å². The van der Waals surface area contributed by atoms with Crippen LogP contribution in [-0.4, -0.2) is 22.7 Å². The molecule has 0 fully saturated rings. The Balaban J connectivity index is 1.80. The number of halogens is 2. The first-order valence-corrected chi connectivity index (χ1v) is 7.91. The Morgan fingerprint density at radius 2 is 1.77 bits per heavy atom. The van der Waals surface area contributed by atoms with Crippen molar-refractivity contribution in [1.82, 2.24) is 10.2 Å². The number of hydrogen-bond acceptors (Lipinski definition) is 3. The molecule has 0 atom stereocenters. The summed E-state index contributed by atoms with van der Waals surface area (Å²) in [6.07, 6.45) is 0. The van der Waals surface area contributed by atoms with Crippen molar-refractivity contribution in [3.05, 3.63) is 65.4 Å². The van der Waals surface area contributed by atoms with Crippen LogP contribution >= 0.6 is 0 Å². The van der Waals surface area contributed by atoms with E-state index in [1.54, 1.807) is 19.1 Å². The zero-order chi connectivity index (χ0) is 18.7. The molecular weight excluding hydrogens is 340 g/mol. The largest absolute Gasteiger partial charge is 0.433 e. The molecule has 0 aliphatic rings. The van der Waals surface area contributed by atoms with Gasteiger partial charge in [-0.25, -0.2) is 0 Å². The van der Waals surface area contributed by atoms with Crippen molar-refractivity contribution in [1.29, 1.82) is 0 Å². The third-order valence-electron chi connectivity index (χ3n) is 3.77. The number of hydrogen-bond donors (Lipinski definition) is 2. The van der Waals surface area contributed by atoms with E-state index in [1.165, 1.54) is 12.1 Å². The highest BCUT2D eigenvalue weighted by Crippen LogP contribution is 2.28. The topological polar surface area (TPSA) is 67.0 Å². The second-order valence-electron chi connectivity index (χ2n) is 5.87. The highest BCUT2D eigenvalue weighted by atomic mass is 19.3. The van der Waals surface area contributed by atoms with Crippen molar-refractivity contribution in [2.45, 2.75) is 20.5 Å². The maximum absolute atomic E-state index is 12.6. The first kappa shape index (κ1) is 17.6. The van der Waals surface area contributed by atoms with Crippen LogP contribution in [0.15, 0.2) is 48.5 Å². The number of benzene rings is 2. The Labute approximate surface area is 149 Å². The lowest BCUT2D eigenvalue weighted by molar-refractivity contribution is -0.0494. The Bertz CT molecular complexity index is 921. The van der Waals surface area contributed by atoms with E-state index in [1.807, 2.05) is 31.2 Å². The van der Waals surface area contributed by atoms with Crippen molar-refractivity contribution < 1.29 is 18.3 Å². The van der Waals surface area contributed by atoms with E-state index >= 15 is 0 Å². The maximum atomic E-state index is 12.6. The summed E-state index contributed by atoms with van der Waals surface area (Å²) in [5.74, 6) is -0.592. The quantitative estimate of drug-likeness (QED) is 0.704. The number of nitrogens with zero attached hydrogens (tertiary/aromatic N) is 1. The molecule has 0 spiro atoms. The summed E-state index contributed by atoms with van der Waals surface area (Å²) in [4.78, 5) is 12.4. The van der Waals surface area contributed by atoms with Crippen molar-refractivity contribution >= 4 is 11.6 Å². The molecule has 1 amide bonds. The lowest BCUT2D eigenvalue weighted by atomic mass is 10.1. The predicted octanol–water partition coefficient (Wildman–Crippen LogP) is 4.55. The molecule has 2 N–H and O–H groups in total. The Morgan fingerprint density at radius 3 is 2.46 bits per heavy atom. The van der Waals surface area contributed by atoms with Gasteiger partial charge in [0.15, 0.2) is 0 Å². The monoisotopic (exact) mass is 357 g/mol. The van der Waals surface area contributed by atoms with E-state index < -0.39 is 12.5 Å². The third kappa shape index (κ3) is 4.05. The fourth-order valence-corrected chi connectivity index (χ4v) is 2.43. The summed E-state index contributed by atoms with van der Waals surface area (Å²) in [7, 11) is 0. The zero-order valence-corrected chi connectivity index (χ0v) is 14.2. The van der Waals surface area contributed by atoms with Gasteiger partial charge >= 0.3 is 6.61 Å². The van der Waals surface area contributed by atoms with E-state index in [9.17, 15) is 13.6 Å². The summed E-state index contributed by atoms with van der Waals surface area (Å²) >= 11 is 0. The van der Waals surface area contributed by atoms with Gasteiger partial charge in [-0.3, -0.25) is 9.89 Å². The molecule has 0 aliphatic carbocycles. The van der Waals surface area contributed by atoms with Gasteiger partial charge in [0, 0.05) is 5.56 Å². The number of nitrogens with one attached hydrogen (secondary N) is 2. The van der Waals surface area contributed by atoms with Gasteiger partial charge in [0.05, 0.1) is 11.4 Å². The molecule has 134 valence electrons. The SMILES string of the molecule is Cc1ccc(-c2cc(C(=O)Nc3ccc(C)cc3OC(F)F)[nH]n2)cc1. The number of aromatic nitrogens is 2. The number of aromatic amines is 1. The molecule has 7 heteroatoms. The number of amides is 1. The average Bonchev–Trinajstić information content (AvgIpc) is 3.07. The van der Waals surface area contributed by atoms with Crippen molar-refractivity contribution in [3.63, 3.8) is 0 Å². The lowest BCUT2D eigenvalue weighted by Gasteiger charge is -2.12.